The molecule has 1 aliphatic heterocycles. The van der Waals surface area contributed by atoms with Crippen molar-refractivity contribution in [3.8, 4) is 0 Å². The van der Waals surface area contributed by atoms with Gasteiger partial charge < -0.3 is 10.1 Å². The number of nitrogens with one attached hydrogen (secondary N) is 2. The standard InChI is InChI=1S/C11H14N2O2/c14-11(15-10-6-7-12-8-10)13-9-4-2-1-3-5-9/h1-5,10,12H,6-8H2,(H,13,14). The van der Waals surface area contributed by atoms with Crippen molar-refractivity contribution in [2.24, 2.45) is 0 Å². The Hall–Kier alpha value is -1.55. The van der Waals surface area contributed by atoms with Gasteiger partial charge in [-0.25, -0.2) is 4.79 Å². The van der Waals surface area contributed by atoms with Crippen LogP contribution in [-0.4, -0.2) is 25.3 Å². The number of benzene rings is 1. The van der Waals surface area contributed by atoms with Crippen LogP contribution in [0.1, 0.15) is 6.42 Å². The maximum absolute atomic E-state index is 11.4. The minimum Gasteiger partial charge on any atom is -0.445 e. The van der Waals surface area contributed by atoms with E-state index in [-0.39, 0.29) is 12.2 Å². The van der Waals surface area contributed by atoms with Gasteiger partial charge in [0.05, 0.1) is 0 Å². The van der Waals surface area contributed by atoms with Gasteiger partial charge in [0.25, 0.3) is 0 Å². The predicted molar refractivity (Wildman–Crippen MR) is 57.8 cm³/mol. The third-order valence-electron chi connectivity index (χ3n) is 2.31. The molecule has 4 nitrogen and oxygen atoms in total. The lowest BCUT2D eigenvalue weighted by atomic mass is 10.3. The quantitative estimate of drug-likeness (QED) is 0.772. The lowest BCUT2D eigenvalue weighted by molar-refractivity contribution is 0.121. The molecule has 2 rings (SSSR count). The first kappa shape index (κ1) is 9.98. The van der Waals surface area contributed by atoms with Crippen LogP contribution in [0.4, 0.5) is 10.5 Å². The SMILES string of the molecule is O=C(Nc1ccccc1)OC1CCNC1. The minimum atomic E-state index is -0.380. The van der Waals surface area contributed by atoms with E-state index in [0.29, 0.717) is 0 Å². The average Bonchev–Trinajstić information content (AvgIpc) is 2.71. The van der Waals surface area contributed by atoms with E-state index < -0.39 is 0 Å². The molecule has 1 atom stereocenters. The van der Waals surface area contributed by atoms with Crippen LogP contribution in [0.3, 0.4) is 0 Å². The molecule has 1 amide bonds. The molecule has 0 bridgehead atoms. The zero-order valence-corrected chi connectivity index (χ0v) is 8.40. The average molecular weight is 206 g/mol. The van der Waals surface area contributed by atoms with Gasteiger partial charge in [0, 0.05) is 12.2 Å². The fourth-order valence-corrected chi connectivity index (χ4v) is 1.55. The number of ether oxygens (including phenoxy) is 1. The van der Waals surface area contributed by atoms with Gasteiger partial charge in [0.2, 0.25) is 0 Å². The first-order valence-electron chi connectivity index (χ1n) is 5.08. The Morgan fingerprint density at radius 3 is 2.87 bits per heavy atom. The lowest BCUT2D eigenvalue weighted by Crippen LogP contribution is -2.24. The number of hydrogen-bond acceptors (Lipinski definition) is 3. The van der Waals surface area contributed by atoms with Crippen LogP contribution < -0.4 is 10.6 Å². The third-order valence-corrected chi connectivity index (χ3v) is 2.31. The lowest BCUT2D eigenvalue weighted by Gasteiger charge is -2.11. The topological polar surface area (TPSA) is 50.4 Å². The summed E-state index contributed by atoms with van der Waals surface area (Å²) in [5, 5.41) is 5.82. The van der Waals surface area contributed by atoms with Crippen LogP contribution in [-0.2, 0) is 4.74 Å². The highest BCUT2D eigenvalue weighted by Crippen LogP contribution is 2.08. The summed E-state index contributed by atoms with van der Waals surface area (Å²) in [6.45, 7) is 1.67. The largest absolute Gasteiger partial charge is 0.445 e. The van der Waals surface area contributed by atoms with Crippen molar-refractivity contribution in [2.45, 2.75) is 12.5 Å². The molecule has 0 aromatic heterocycles. The van der Waals surface area contributed by atoms with Gasteiger partial charge >= 0.3 is 6.09 Å². The summed E-state index contributed by atoms with van der Waals surface area (Å²) >= 11 is 0. The summed E-state index contributed by atoms with van der Waals surface area (Å²) in [6.07, 6.45) is 0.519. The van der Waals surface area contributed by atoms with Crippen LogP contribution in [0.5, 0.6) is 0 Å². The van der Waals surface area contributed by atoms with Gasteiger partial charge in [0.15, 0.2) is 0 Å². The van der Waals surface area contributed by atoms with Gasteiger partial charge in [-0.1, -0.05) is 18.2 Å². The highest BCUT2D eigenvalue weighted by molar-refractivity contribution is 5.84. The second kappa shape index (κ2) is 4.79. The highest BCUT2D eigenvalue weighted by Gasteiger charge is 2.18. The van der Waals surface area contributed by atoms with Crippen LogP contribution in [0.15, 0.2) is 30.3 Å². The molecule has 4 heteroatoms. The summed E-state index contributed by atoms with van der Waals surface area (Å²) in [5.41, 5.74) is 0.758. The molecule has 0 saturated carbocycles. The molecule has 1 unspecified atom stereocenters. The Kier molecular flexibility index (Phi) is 3.19. The van der Waals surface area contributed by atoms with Crippen LogP contribution >= 0.6 is 0 Å². The molecule has 1 saturated heterocycles. The highest BCUT2D eigenvalue weighted by atomic mass is 16.6. The van der Waals surface area contributed by atoms with E-state index in [1.807, 2.05) is 30.3 Å². The van der Waals surface area contributed by atoms with Crippen molar-refractivity contribution >= 4 is 11.8 Å². The summed E-state index contributed by atoms with van der Waals surface area (Å²) < 4.78 is 5.20. The number of para-hydroxylation sites is 1. The van der Waals surface area contributed by atoms with Gasteiger partial charge in [-0.2, -0.15) is 0 Å². The van der Waals surface area contributed by atoms with E-state index in [0.717, 1.165) is 25.2 Å². The molecule has 2 N–H and O–H groups in total. The van der Waals surface area contributed by atoms with E-state index in [9.17, 15) is 4.79 Å². The first-order valence-corrected chi connectivity index (χ1v) is 5.08. The molecule has 1 heterocycles. The summed E-state index contributed by atoms with van der Waals surface area (Å²) in [4.78, 5) is 11.4. The number of anilines is 1. The molecule has 1 aromatic carbocycles. The summed E-state index contributed by atoms with van der Waals surface area (Å²) in [5.74, 6) is 0. The molecule has 1 fully saturated rings. The summed E-state index contributed by atoms with van der Waals surface area (Å²) in [7, 11) is 0. The fourth-order valence-electron chi connectivity index (χ4n) is 1.55. The fraction of sp³-hybridized carbons (Fsp3) is 0.364. The van der Waals surface area contributed by atoms with Crippen molar-refractivity contribution in [2.75, 3.05) is 18.4 Å². The Labute approximate surface area is 88.6 Å². The first-order chi connectivity index (χ1) is 7.34. The normalized spacial score (nSPS) is 19.9. The van der Waals surface area contributed by atoms with Gasteiger partial charge in [0.1, 0.15) is 6.10 Å². The van der Waals surface area contributed by atoms with Crippen LogP contribution in [0, 0.1) is 0 Å². The molecule has 80 valence electrons. The second-order valence-corrected chi connectivity index (χ2v) is 3.51. The van der Waals surface area contributed by atoms with Gasteiger partial charge in [-0.05, 0) is 25.1 Å². The van der Waals surface area contributed by atoms with E-state index in [1.165, 1.54) is 0 Å². The number of hydrogen-bond donors (Lipinski definition) is 2. The molecule has 0 spiro atoms. The van der Waals surface area contributed by atoms with E-state index in [4.69, 9.17) is 4.74 Å². The van der Waals surface area contributed by atoms with E-state index in [2.05, 4.69) is 10.6 Å². The number of rotatable bonds is 2. The van der Waals surface area contributed by atoms with E-state index >= 15 is 0 Å². The van der Waals surface area contributed by atoms with Crippen molar-refractivity contribution in [1.82, 2.24) is 5.32 Å². The number of carbonyl (C=O) groups is 1. The predicted octanol–water partition coefficient (Wildman–Crippen LogP) is 1.60. The van der Waals surface area contributed by atoms with Crippen molar-refractivity contribution in [1.29, 1.82) is 0 Å². The molecule has 1 aliphatic rings. The zero-order valence-electron chi connectivity index (χ0n) is 8.40. The maximum Gasteiger partial charge on any atom is 0.411 e. The molecular weight excluding hydrogens is 192 g/mol. The zero-order chi connectivity index (χ0) is 10.5. The van der Waals surface area contributed by atoms with Crippen LogP contribution in [0.2, 0.25) is 0 Å². The second-order valence-electron chi connectivity index (χ2n) is 3.51. The van der Waals surface area contributed by atoms with Gasteiger partial charge in [-0.3, -0.25) is 5.32 Å². The summed E-state index contributed by atoms with van der Waals surface area (Å²) in [6, 6.07) is 9.29. The van der Waals surface area contributed by atoms with Crippen molar-refractivity contribution in [3.63, 3.8) is 0 Å². The molecule has 0 radical (unpaired) electrons. The van der Waals surface area contributed by atoms with Gasteiger partial charge in [-0.15, -0.1) is 0 Å². The molecular formula is C11H14N2O2. The Morgan fingerprint density at radius 2 is 2.20 bits per heavy atom. The minimum absolute atomic E-state index is 0.00807. The number of amides is 1. The maximum atomic E-state index is 11.4. The third kappa shape index (κ3) is 2.95. The molecule has 15 heavy (non-hydrogen) atoms. The Morgan fingerprint density at radius 1 is 1.40 bits per heavy atom. The Balaban J connectivity index is 1.82. The smallest absolute Gasteiger partial charge is 0.411 e. The molecule has 0 aliphatic carbocycles. The van der Waals surface area contributed by atoms with Crippen LogP contribution in [0.25, 0.3) is 0 Å². The van der Waals surface area contributed by atoms with Crippen molar-refractivity contribution in [3.05, 3.63) is 30.3 Å². The van der Waals surface area contributed by atoms with Crippen molar-refractivity contribution < 1.29 is 9.53 Å². The monoisotopic (exact) mass is 206 g/mol. The molecule has 1 aromatic rings. The van der Waals surface area contributed by atoms with E-state index in [1.54, 1.807) is 0 Å². The Bertz CT molecular complexity index is 321. The number of carbonyl (C=O) groups excluding carboxylic acids is 1.